The van der Waals surface area contributed by atoms with Gasteiger partial charge in [0, 0.05) is 29.5 Å². The van der Waals surface area contributed by atoms with Gasteiger partial charge in [-0.2, -0.15) is 0 Å². The molecular weight excluding hydrogens is 355 g/mol. The molecule has 6 heteroatoms. The zero-order valence-electron chi connectivity index (χ0n) is 11.2. The molecule has 1 aliphatic heterocycles. The molecule has 1 aromatic carbocycles. The van der Waals surface area contributed by atoms with Crippen molar-refractivity contribution in [2.24, 2.45) is 0 Å². The molecule has 1 amide bonds. The molecule has 0 bridgehead atoms. The van der Waals surface area contributed by atoms with Gasteiger partial charge in [0.15, 0.2) is 0 Å². The van der Waals surface area contributed by atoms with E-state index in [0.717, 1.165) is 16.6 Å². The SMILES string of the molecule is O=C(c1cc(Br)cs1)N1CCNCC1c1cccc(F)c1. The van der Waals surface area contributed by atoms with Crippen molar-refractivity contribution in [1.82, 2.24) is 10.2 Å². The Hall–Kier alpha value is -1.24. The lowest BCUT2D eigenvalue weighted by Crippen LogP contribution is -2.48. The maximum atomic E-state index is 13.4. The number of hydrogen-bond acceptors (Lipinski definition) is 3. The van der Waals surface area contributed by atoms with Gasteiger partial charge in [0.05, 0.1) is 10.9 Å². The summed E-state index contributed by atoms with van der Waals surface area (Å²) in [6, 6.07) is 8.17. The van der Waals surface area contributed by atoms with Crippen molar-refractivity contribution in [3.8, 4) is 0 Å². The predicted molar refractivity (Wildman–Crippen MR) is 85.1 cm³/mol. The number of amides is 1. The Morgan fingerprint density at radius 3 is 3.00 bits per heavy atom. The number of nitrogens with one attached hydrogen (secondary N) is 1. The van der Waals surface area contributed by atoms with Crippen LogP contribution in [0.4, 0.5) is 4.39 Å². The van der Waals surface area contributed by atoms with Crippen molar-refractivity contribution in [2.45, 2.75) is 6.04 Å². The second-order valence-corrected chi connectivity index (χ2v) is 6.73. The van der Waals surface area contributed by atoms with E-state index in [1.165, 1.54) is 23.5 Å². The first-order valence-electron chi connectivity index (χ1n) is 6.66. The van der Waals surface area contributed by atoms with Crippen LogP contribution in [-0.4, -0.2) is 30.4 Å². The maximum absolute atomic E-state index is 13.4. The van der Waals surface area contributed by atoms with Crippen LogP contribution in [0.5, 0.6) is 0 Å². The highest BCUT2D eigenvalue weighted by Crippen LogP contribution is 2.27. The Kier molecular flexibility index (Phi) is 4.37. The van der Waals surface area contributed by atoms with Crippen LogP contribution in [0.2, 0.25) is 0 Å². The molecule has 1 atom stereocenters. The van der Waals surface area contributed by atoms with Crippen LogP contribution in [0.1, 0.15) is 21.3 Å². The van der Waals surface area contributed by atoms with Gasteiger partial charge >= 0.3 is 0 Å². The lowest BCUT2D eigenvalue weighted by Gasteiger charge is -2.36. The summed E-state index contributed by atoms with van der Waals surface area (Å²) in [6.07, 6.45) is 0. The molecule has 2 heterocycles. The van der Waals surface area contributed by atoms with Crippen molar-refractivity contribution in [3.05, 3.63) is 56.4 Å². The van der Waals surface area contributed by atoms with E-state index in [9.17, 15) is 9.18 Å². The number of benzene rings is 1. The first-order valence-corrected chi connectivity index (χ1v) is 8.33. The van der Waals surface area contributed by atoms with Gasteiger partial charge in [0.2, 0.25) is 0 Å². The van der Waals surface area contributed by atoms with E-state index in [1.54, 1.807) is 6.07 Å². The second kappa shape index (κ2) is 6.25. The van der Waals surface area contributed by atoms with Crippen molar-refractivity contribution >= 4 is 33.2 Å². The molecule has 1 aromatic heterocycles. The van der Waals surface area contributed by atoms with Crippen LogP contribution in [-0.2, 0) is 0 Å². The first-order chi connectivity index (χ1) is 10.1. The quantitative estimate of drug-likeness (QED) is 0.880. The molecule has 3 nitrogen and oxygen atoms in total. The van der Waals surface area contributed by atoms with Gasteiger partial charge in [0.25, 0.3) is 5.91 Å². The zero-order chi connectivity index (χ0) is 14.8. The van der Waals surface area contributed by atoms with Crippen LogP contribution < -0.4 is 5.32 Å². The number of nitrogens with zero attached hydrogens (tertiary/aromatic N) is 1. The molecule has 2 aromatic rings. The van der Waals surface area contributed by atoms with Gasteiger partial charge in [-0.05, 0) is 39.7 Å². The van der Waals surface area contributed by atoms with Crippen LogP contribution >= 0.6 is 27.3 Å². The Labute approximate surface area is 134 Å². The Bertz CT molecular complexity index is 661. The number of hydrogen-bond donors (Lipinski definition) is 1. The number of piperazine rings is 1. The van der Waals surface area contributed by atoms with E-state index in [4.69, 9.17) is 0 Å². The monoisotopic (exact) mass is 368 g/mol. The third-order valence-electron chi connectivity index (χ3n) is 3.52. The molecule has 1 fully saturated rings. The lowest BCUT2D eigenvalue weighted by molar-refractivity contribution is 0.0639. The summed E-state index contributed by atoms with van der Waals surface area (Å²) in [6.45, 7) is 2.02. The second-order valence-electron chi connectivity index (χ2n) is 4.90. The molecular formula is C15H14BrFN2OS. The molecule has 1 saturated heterocycles. The Morgan fingerprint density at radius 2 is 2.29 bits per heavy atom. The summed E-state index contributed by atoms with van der Waals surface area (Å²) in [7, 11) is 0. The maximum Gasteiger partial charge on any atom is 0.264 e. The molecule has 0 saturated carbocycles. The smallest absolute Gasteiger partial charge is 0.264 e. The number of carbonyl (C=O) groups excluding carboxylic acids is 1. The molecule has 1 unspecified atom stereocenters. The van der Waals surface area contributed by atoms with E-state index in [2.05, 4.69) is 21.2 Å². The standard InChI is InChI=1S/C15H14BrFN2OS/c16-11-7-14(21-9-11)15(20)19-5-4-18-8-13(19)10-2-1-3-12(17)6-10/h1-3,6-7,9,13,18H,4-5,8H2. The van der Waals surface area contributed by atoms with Gasteiger partial charge in [-0.1, -0.05) is 12.1 Å². The van der Waals surface area contributed by atoms with Crippen molar-refractivity contribution in [1.29, 1.82) is 0 Å². The van der Waals surface area contributed by atoms with Gasteiger partial charge < -0.3 is 10.2 Å². The van der Waals surface area contributed by atoms with Gasteiger partial charge in [-0.15, -0.1) is 11.3 Å². The minimum absolute atomic E-state index is 0.00135. The molecule has 21 heavy (non-hydrogen) atoms. The summed E-state index contributed by atoms with van der Waals surface area (Å²) in [5, 5.41) is 5.17. The third kappa shape index (κ3) is 3.17. The largest absolute Gasteiger partial charge is 0.328 e. The Morgan fingerprint density at radius 1 is 1.43 bits per heavy atom. The summed E-state index contributed by atoms with van der Waals surface area (Å²) in [5.41, 5.74) is 0.825. The van der Waals surface area contributed by atoms with Crippen LogP contribution in [0.3, 0.4) is 0 Å². The topological polar surface area (TPSA) is 32.3 Å². The van der Waals surface area contributed by atoms with Crippen LogP contribution in [0.25, 0.3) is 0 Å². The molecule has 3 rings (SSSR count). The fraction of sp³-hybridized carbons (Fsp3) is 0.267. The van der Waals surface area contributed by atoms with E-state index in [-0.39, 0.29) is 17.8 Å². The number of halogens is 2. The van der Waals surface area contributed by atoms with Crippen LogP contribution in [0, 0.1) is 5.82 Å². The third-order valence-corrected chi connectivity index (χ3v) is 5.20. The molecule has 110 valence electrons. The van der Waals surface area contributed by atoms with Gasteiger partial charge in [0.1, 0.15) is 5.82 Å². The van der Waals surface area contributed by atoms with E-state index >= 15 is 0 Å². The first kappa shape index (κ1) is 14.7. The highest BCUT2D eigenvalue weighted by Gasteiger charge is 2.29. The van der Waals surface area contributed by atoms with Gasteiger partial charge in [-0.3, -0.25) is 4.79 Å². The average molecular weight is 369 g/mol. The van der Waals surface area contributed by atoms with E-state index < -0.39 is 0 Å². The molecule has 1 aliphatic rings. The highest BCUT2D eigenvalue weighted by atomic mass is 79.9. The summed E-state index contributed by atoms with van der Waals surface area (Å²) in [5.74, 6) is -0.272. The lowest BCUT2D eigenvalue weighted by atomic mass is 10.0. The summed E-state index contributed by atoms with van der Waals surface area (Å²) >= 11 is 4.79. The van der Waals surface area contributed by atoms with Crippen molar-refractivity contribution in [2.75, 3.05) is 19.6 Å². The molecule has 0 spiro atoms. The summed E-state index contributed by atoms with van der Waals surface area (Å²) in [4.78, 5) is 15.2. The minimum atomic E-state index is -0.274. The van der Waals surface area contributed by atoms with E-state index in [1.807, 2.05) is 22.4 Å². The average Bonchev–Trinajstić information content (AvgIpc) is 2.93. The molecule has 0 radical (unpaired) electrons. The normalized spacial score (nSPS) is 18.8. The molecule has 1 N–H and O–H groups in total. The fourth-order valence-electron chi connectivity index (χ4n) is 2.53. The van der Waals surface area contributed by atoms with Crippen LogP contribution in [0.15, 0.2) is 40.2 Å². The van der Waals surface area contributed by atoms with Crippen molar-refractivity contribution < 1.29 is 9.18 Å². The fourth-order valence-corrected chi connectivity index (χ4v) is 3.91. The highest BCUT2D eigenvalue weighted by molar-refractivity contribution is 9.10. The molecule has 0 aliphatic carbocycles. The Balaban J connectivity index is 1.89. The van der Waals surface area contributed by atoms with Gasteiger partial charge in [-0.25, -0.2) is 4.39 Å². The van der Waals surface area contributed by atoms with Crippen molar-refractivity contribution in [3.63, 3.8) is 0 Å². The number of thiophene rings is 1. The zero-order valence-corrected chi connectivity index (χ0v) is 13.6. The summed E-state index contributed by atoms with van der Waals surface area (Å²) < 4.78 is 14.4. The minimum Gasteiger partial charge on any atom is -0.328 e. The number of carbonyl (C=O) groups is 1. The van der Waals surface area contributed by atoms with E-state index in [0.29, 0.717) is 18.0 Å². The number of rotatable bonds is 2. The predicted octanol–water partition coefficient (Wildman–Crippen LogP) is 3.44.